The second kappa shape index (κ2) is 39.3. The first-order valence-electron chi connectivity index (χ1n) is 7.23. The van der Waals surface area contributed by atoms with Gasteiger partial charge in [0.25, 0.3) is 0 Å². The summed E-state index contributed by atoms with van der Waals surface area (Å²) in [5.74, 6) is 0. The smallest absolute Gasteiger partial charge is 0.219 e. The quantitative estimate of drug-likeness (QED) is 0.0306. The molecule has 0 fully saturated rings. The highest BCUT2D eigenvalue weighted by atomic mass is 31.1. The third-order valence-corrected chi connectivity index (χ3v) is 1.33. The van der Waals surface area contributed by atoms with Gasteiger partial charge in [-0.15, -0.1) is 0 Å². The van der Waals surface area contributed by atoms with E-state index >= 15 is 0 Å². The molecule has 0 radical (unpaired) electrons. The van der Waals surface area contributed by atoms with Crippen LogP contribution in [0.1, 0.15) is 0 Å². The minimum absolute atomic E-state index is 2.87. The molecule has 0 rings (SSSR count). The molecule has 0 unspecified atom stereocenters. The molecule has 0 aliphatic heterocycles. The zero-order chi connectivity index (χ0) is 31.9. The lowest BCUT2D eigenvalue weighted by Gasteiger charge is -1.99. The molecule has 0 spiro atoms. The van der Waals surface area contributed by atoms with Crippen molar-refractivity contribution in [2.45, 2.75) is 0 Å². The number of rotatable bonds is 40. The van der Waals surface area contributed by atoms with E-state index in [0.29, 0.717) is 0 Å². The summed E-state index contributed by atoms with van der Waals surface area (Å²) < 4.78 is 22.9. The maximum atomic E-state index is 9.78. The standard InChI is InChI=1S/HO43P/c1-4-5-6-7-8-9-10-11-12-13-14-15-16-17-18-19-20-21-22-23-24-25-26-27-28-29-30-31-32-33-34-35-36-37-38-39-40-41-42-43-44(2)3/h1H. The summed E-state index contributed by atoms with van der Waals surface area (Å²) in [7, 11) is -3.40. The van der Waals surface area contributed by atoms with E-state index < -0.39 is 7.91 Å². The molecule has 0 aliphatic carbocycles. The van der Waals surface area contributed by atoms with Gasteiger partial charge in [0.1, 0.15) is 0 Å². The summed E-state index contributed by atoms with van der Waals surface area (Å²) in [6.45, 7) is 0. The average Bonchev–Trinajstić information content (AvgIpc) is 3.02. The van der Waals surface area contributed by atoms with Gasteiger partial charge < -0.3 is 0 Å². The molecule has 44 heavy (non-hydrogen) atoms. The SMILES string of the molecule is O=P(=O)OOOOOOOOOOOOOOOOOOOOOOOOOOOOOOOOOOOOOOOOO. The molecule has 0 saturated carbocycles. The van der Waals surface area contributed by atoms with E-state index in [1.54, 1.807) is 0 Å². The van der Waals surface area contributed by atoms with Gasteiger partial charge in [0, 0.05) is 116 Å². The van der Waals surface area contributed by atoms with Crippen molar-refractivity contribution in [3.63, 3.8) is 0 Å². The monoisotopic (exact) mass is 720 g/mol. The van der Waals surface area contributed by atoms with Crippen molar-refractivity contribution in [2.75, 3.05) is 0 Å². The van der Waals surface area contributed by atoms with Crippen LogP contribution >= 0.6 is 7.91 Å². The van der Waals surface area contributed by atoms with E-state index in [-0.39, 0.29) is 0 Å². The third-order valence-electron chi connectivity index (χ3n) is 1.15. The van der Waals surface area contributed by atoms with Gasteiger partial charge in [0.15, 0.2) is 0 Å². The van der Waals surface area contributed by atoms with Crippen molar-refractivity contribution in [3.05, 3.63) is 0 Å². The second-order valence-electron chi connectivity index (χ2n) is 2.96. The summed E-state index contributed by atoms with van der Waals surface area (Å²) >= 11 is 0. The maximum absolute atomic E-state index is 9.78. The van der Waals surface area contributed by atoms with E-state index in [1.807, 2.05) is 0 Å². The largest absolute Gasteiger partial charge is 0.498 e. The van der Waals surface area contributed by atoms with E-state index in [4.69, 9.17) is 5.26 Å². The molecule has 44 heteroatoms. The minimum Gasteiger partial charge on any atom is -0.219 e. The Morgan fingerprint density at radius 3 is 0.500 bits per heavy atom. The Morgan fingerprint density at radius 2 is 0.364 bits per heavy atom. The van der Waals surface area contributed by atoms with Crippen molar-refractivity contribution in [1.82, 2.24) is 0 Å². The fourth-order valence-electron chi connectivity index (χ4n) is 0.458. The van der Waals surface area contributed by atoms with E-state index in [2.05, 4.69) is 201 Å². The van der Waals surface area contributed by atoms with Gasteiger partial charge in [0.2, 0.25) is 0 Å². The van der Waals surface area contributed by atoms with Crippen LogP contribution in [-0.2, 0) is 210 Å². The van der Waals surface area contributed by atoms with Crippen LogP contribution in [0.3, 0.4) is 0 Å². The predicted molar refractivity (Wildman–Crippen MR) is 54.3 cm³/mol. The summed E-state index contributed by atoms with van der Waals surface area (Å²) in [6, 6.07) is 0. The van der Waals surface area contributed by atoms with Crippen molar-refractivity contribution in [3.8, 4) is 0 Å². The molecule has 43 nitrogen and oxygen atoms in total. The molecule has 1 N–H and O–H groups in total. The first-order chi connectivity index (χ1) is 21.8. The van der Waals surface area contributed by atoms with Gasteiger partial charge in [-0.05, 0) is 80.6 Å². The van der Waals surface area contributed by atoms with Gasteiger partial charge >= 0.3 is 7.91 Å². The minimum atomic E-state index is -3.40. The zero-order valence-electron chi connectivity index (χ0n) is 18.0. The van der Waals surface area contributed by atoms with Crippen LogP contribution in [-0.4, -0.2) is 5.26 Å². The molecule has 0 aromatic heterocycles. The van der Waals surface area contributed by atoms with Crippen LogP contribution in [0.5, 0.6) is 0 Å². The lowest BCUT2D eigenvalue weighted by molar-refractivity contribution is -0.909. The van der Waals surface area contributed by atoms with E-state index in [0.717, 1.165) is 0 Å². The predicted octanol–water partition coefficient (Wildman–Crippen LogP) is -2.10. The summed E-state index contributed by atoms with van der Waals surface area (Å²) in [5, 5.41) is 142. The normalized spacial score (nSPS) is 11.5. The van der Waals surface area contributed by atoms with Gasteiger partial charge in [-0.2, -0.15) is 0 Å². The fourth-order valence-corrected chi connectivity index (χ4v) is 0.532. The molecule has 264 valence electrons. The van der Waals surface area contributed by atoms with E-state index in [9.17, 15) is 9.13 Å². The van der Waals surface area contributed by atoms with Gasteiger partial charge in [-0.25, -0.2) is 14.4 Å². The molecule has 0 aromatic carbocycles. The highest BCUT2D eigenvalue weighted by molar-refractivity contribution is 7.24. The summed E-state index contributed by atoms with van der Waals surface area (Å²) in [5.41, 5.74) is 0. The first kappa shape index (κ1) is 42.3. The Balaban J connectivity index is 3.04. The van der Waals surface area contributed by atoms with Crippen LogP contribution in [0.15, 0.2) is 0 Å². The van der Waals surface area contributed by atoms with Gasteiger partial charge in [-0.3, -0.25) is 0 Å². The molecule has 0 amide bonds. The maximum Gasteiger partial charge on any atom is 0.498 e. The third kappa shape index (κ3) is 40.3. The van der Waals surface area contributed by atoms with Crippen LogP contribution < -0.4 is 0 Å². The topological polar surface area (TPSA) is 424 Å². The molecular weight excluding hydrogens is 719 g/mol. The van der Waals surface area contributed by atoms with Gasteiger partial charge in [0.05, 0.1) is 0 Å². The lowest BCUT2D eigenvalue weighted by Crippen LogP contribution is -2.06. The Labute approximate surface area is 225 Å². The Hall–Kier alpha value is -1.74. The summed E-state index contributed by atoms with van der Waals surface area (Å²) in [6.07, 6.45) is 0. The van der Waals surface area contributed by atoms with Crippen LogP contribution in [0.4, 0.5) is 0 Å². The van der Waals surface area contributed by atoms with Crippen molar-refractivity contribution in [2.24, 2.45) is 0 Å². The molecular formula is HO43P. The molecule has 0 aliphatic rings. The van der Waals surface area contributed by atoms with E-state index in [1.165, 1.54) is 0 Å². The first-order valence-corrected chi connectivity index (χ1v) is 8.33. The van der Waals surface area contributed by atoms with Crippen LogP contribution in [0.25, 0.3) is 0 Å². The molecule has 0 aromatic rings. The highest BCUT2D eigenvalue weighted by Gasteiger charge is 2.03. The average molecular weight is 720 g/mol. The molecule has 0 bridgehead atoms. The van der Waals surface area contributed by atoms with Crippen LogP contribution in [0.2, 0.25) is 0 Å². The lowest BCUT2D eigenvalue weighted by atomic mass is 14.0. The van der Waals surface area contributed by atoms with Crippen LogP contribution in [0, 0.1) is 0 Å². The van der Waals surface area contributed by atoms with Crippen molar-refractivity contribution >= 4 is 7.91 Å². The zero-order valence-corrected chi connectivity index (χ0v) is 18.9. The summed E-state index contributed by atoms with van der Waals surface area (Å²) in [4.78, 5) is 0. The second-order valence-corrected chi connectivity index (χ2v) is 3.55. The fraction of sp³-hybridized carbons (Fsp3) is 0. The molecule has 0 heterocycles. The Morgan fingerprint density at radius 1 is 0.227 bits per heavy atom. The van der Waals surface area contributed by atoms with Gasteiger partial charge in [-0.1, -0.05) is 4.67 Å². The molecule has 0 atom stereocenters. The van der Waals surface area contributed by atoms with Crippen molar-refractivity contribution in [1.29, 1.82) is 0 Å². The Bertz CT molecular complexity index is 553. The Kier molecular flexibility index (Phi) is 37.7. The number of hydrogen-bond donors (Lipinski definition) is 1. The van der Waals surface area contributed by atoms with Crippen molar-refractivity contribution < 1.29 is 216 Å². The molecule has 0 saturated heterocycles. The number of hydrogen-bond acceptors (Lipinski definition) is 43. The highest BCUT2D eigenvalue weighted by Crippen LogP contribution is 2.05.